The third kappa shape index (κ3) is 0.576. The van der Waals surface area contributed by atoms with E-state index in [-0.39, 0.29) is 5.41 Å². The van der Waals surface area contributed by atoms with Crippen LogP contribution in [-0.2, 0) is 4.79 Å². The predicted octanol–water partition coefficient (Wildman–Crippen LogP) is 1.93. The number of Topliss-reactive ketones (excluding diaryl/α,β-unsaturated/α-hetero) is 1. The topological polar surface area (TPSA) is 17.1 Å². The first-order valence-electron chi connectivity index (χ1n) is 3.20. The third-order valence-corrected chi connectivity index (χ3v) is 2.41. The molecule has 0 aliphatic heterocycles. The van der Waals surface area contributed by atoms with Gasteiger partial charge in [-0.3, -0.25) is 4.79 Å². The van der Waals surface area contributed by atoms with E-state index in [1.54, 1.807) is 0 Å². The largest absolute Gasteiger partial charge is 0.294 e. The average Bonchev–Trinajstić information content (AvgIpc) is 1.84. The Labute approximate surface area is 55.8 Å². The Kier molecular flexibility index (Phi) is 1.06. The maximum absolute atomic E-state index is 11.0. The molecule has 0 unspecified atom stereocenters. The molecule has 1 rings (SSSR count). The fourth-order valence-corrected chi connectivity index (χ4v) is 1.22. The number of hydrogen-bond donors (Lipinski definition) is 0. The van der Waals surface area contributed by atoms with E-state index < -0.39 is 0 Å². The normalized spacial score (nSPS) is 24.2. The van der Waals surface area contributed by atoms with Gasteiger partial charge in [0.25, 0.3) is 0 Å². The molecule has 9 heavy (non-hydrogen) atoms. The Morgan fingerprint density at radius 2 is 1.67 bits per heavy atom. The number of ketones is 1. The molecule has 1 heteroatoms. The Balaban J connectivity index is 3.06. The zero-order chi connectivity index (χ0) is 7.23. The van der Waals surface area contributed by atoms with E-state index in [2.05, 4.69) is 0 Å². The second-order valence-corrected chi connectivity index (χ2v) is 3.20. The van der Waals surface area contributed by atoms with Gasteiger partial charge >= 0.3 is 0 Å². The third-order valence-electron chi connectivity index (χ3n) is 2.41. The smallest absolute Gasteiger partial charge is 0.168 e. The summed E-state index contributed by atoms with van der Waals surface area (Å²) >= 11 is 0. The molecule has 0 bridgehead atoms. The molecule has 1 nitrogen and oxygen atoms in total. The molecular formula is C8H12O. The van der Waals surface area contributed by atoms with Gasteiger partial charge in [0.05, 0.1) is 0 Å². The van der Waals surface area contributed by atoms with E-state index in [9.17, 15) is 4.79 Å². The van der Waals surface area contributed by atoms with Gasteiger partial charge in [0.15, 0.2) is 5.78 Å². The zero-order valence-electron chi connectivity index (χ0n) is 6.41. The monoisotopic (exact) mass is 124 g/mol. The van der Waals surface area contributed by atoms with Gasteiger partial charge in [-0.1, -0.05) is 5.57 Å². The number of carbonyl (C=O) groups excluding carboxylic acids is 1. The molecule has 0 aromatic heterocycles. The minimum atomic E-state index is -0.149. The number of allylic oxidation sites excluding steroid dienone is 2. The van der Waals surface area contributed by atoms with Crippen LogP contribution in [0.5, 0.6) is 0 Å². The minimum absolute atomic E-state index is 0.149. The van der Waals surface area contributed by atoms with Crippen LogP contribution in [0.2, 0.25) is 0 Å². The lowest BCUT2D eigenvalue weighted by Gasteiger charge is -2.35. The highest BCUT2D eigenvalue weighted by Crippen LogP contribution is 2.41. The molecule has 0 amide bonds. The number of hydrogen-bond acceptors (Lipinski definition) is 1. The standard InChI is InChI=1S/C8H12O/c1-5-6(2)8(3,4)7(5)9/h1-4H3. The molecule has 0 saturated heterocycles. The van der Waals surface area contributed by atoms with E-state index in [1.807, 2.05) is 27.7 Å². The molecule has 0 aromatic carbocycles. The van der Waals surface area contributed by atoms with Crippen molar-refractivity contribution < 1.29 is 4.79 Å². The van der Waals surface area contributed by atoms with Crippen LogP contribution in [0.1, 0.15) is 27.7 Å². The summed E-state index contributed by atoms with van der Waals surface area (Å²) in [5.41, 5.74) is 2.05. The molecule has 0 atom stereocenters. The molecule has 0 aromatic rings. The SMILES string of the molecule is CC1=C(C)C(C)(C)C1=O. The van der Waals surface area contributed by atoms with Gasteiger partial charge in [0.2, 0.25) is 0 Å². The van der Waals surface area contributed by atoms with E-state index in [4.69, 9.17) is 0 Å². The van der Waals surface area contributed by atoms with Crippen LogP contribution in [0.3, 0.4) is 0 Å². The van der Waals surface area contributed by atoms with Gasteiger partial charge in [0, 0.05) is 5.41 Å². The molecule has 0 fully saturated rings. The number of rotatable bonds is 0. The summed E-state index contributed by atoms with van der Waals surface area (Å²) in [5.74, 6) is 0.306. The second kappa shape index (κ2) is 1.47. The highest BCUT2D eigenvalue weighted by atomic mass is 16.1. The van der Waals surface area contributed by atoms with E-state index >= 15 is 0 Å². The quantitative estimate of drug-likeness (QED) is 0.482. The van der Waals surface area contributed by atoms with Crippen molar-refractivity contribution in [1.29, 1.82) is 0 Å². The van der Waals surface area contributed by atoms with Gasteiger partial charge in [-0.2, -0.15) is 0 Å². The lowest BCUT2D eigenvalue weighted by atomic mass is 9.66. The van der Waals surface area contributed by atoms with Gasteiger partial charge < -0.3 is 0 Å². The number of carbonyl (C=O) groups is 1. The average molecular weight is 124 g/mol. The van der Waals surface area contributed by atoms with Crippen LogP contribution in [0.4, 0.5) is 0 Å². The summed E-state index contributed by atoms with van der Waals surface area (Å²) in [6.45, 7) is 7.86. The molecule has 0 spiro atoms. The summed E-state index contributed by atoms with van der Waals surface area (Å²) in [6, 6.07) is 0. The first-order valence-corrected chi connectivity index (χ1v) is 3.20. The van der Waals surface area contributed by atoms with Crippen LogP contribution in [0.15, 0.2) is 11.1 Å². The first kappa shape index (κ1) is 6.53. The van der Waals surface area contributed by atoms with E-state index in [0.717, 1.165) is 5.57 Å². The summed E-state index contributed by atoms with van der Waals surface area (Å²) in [5, 5.41) is 0. The van der Waals surface area contributed by atoms with Crippen molar-refractivity contribution in [3.63, 3.8) is 0 Å². The Morgan fingerprint density at radius 3 is 1.78 bits per heavy atom. The molecule has 50 valence electrons. The maximum atomic E-state index is 11.0. The fraction of sp³-hybridized carbons (Fsp3) is 0.625. The summed E-state index contributed by atoms with van der Waals surface area (Å²) < 4.78 is 0. The van der Waals surface area contributed by atoms with E-state index in [1.165, 1.54) is 5.57 Å². The van der Waals surface area contributed by atoms with Crippen LogP contribution in [0.25, 0.3) is 0 Å². The summed E-state index contributed by atoms with van der Waals surface area (Å²) in [7, 11) is 0. The van der Waals surface area contributed by atoms with Crippen molar-refractivity contribution >= 4 is 5.78 Å². The van der Waals surface area contributed by atoms with Gasteiger partial charge in [-0.15, -0.1) is 0 Å². The predicted molar refractivity (Wildman–Crippen MR) is 37.2 cm³/mol. The Bertz CT molecular complexity index is 197. The first-order chi connectivity index (χ1) is 3.98. The molecule has 1 aliphatic rings. The Morgan fingerprint density at radius 1 is 1.22 bits per heavy atom. The van der Waals surface area contributed by atoms with Crippen molar-refractivity contribution in [2.75, 3.05) is 0 Å². The lowest BCUT2D eigenvalue weighted by Crippen LogP contribution is -2.36. The molecule has 0 radical (unpaired) electrons. The van der Waals surface area contributed by atoms with Crippen molar-refractivity contribution in [3.05, 3.63) is 11.1 Å². The minimum Gasteiger partial charge on any atom is -0.294 e. The highest BCUT2D eigenvalue weighted by Gasteiger charge is 2.40. The summed E-state index contributed by atoms with van der Waals surface area (Å²) in [4.78, 5) is 11.0. The molecular weight excluding hydrogens is 112 g/mol. The van der Waals surface area contributed by atoms with Crippen LogP contribution in [0, 0.1) is 5.41 Å². The van der Waals surface area contributed by atoms with Crippen molar-refractivity contribution in [3.8, 4) is 0 Å². The second-order valence-electron chi connectivity index (χ2n) is 3.20. The zero-order valence-corrected chi connectivity index (χ0v) is 6.41. The van der Waals surface area contributed by atoms with Crippen LogP contribution in [-0.4, -0.2) is 5.78 Å². The van der Waals surface area contributed by atoms with Crippen molar-refractivity contribution in [1.82, 2.24) is 0 Å². The van der Waals surface area contributed by atoms with Crippen LogP contribution < -0.4 is 0 Å². The van der Waals surface area contributed by atoms with Crippen molar-refractivity contribution in [2.24, 2.45) is 5.41 Å². The Hall–Kier alpha value is -0.590. The maximum Gasteiger partial charge on any atom is 0.168 e. The van der Waals surface area contributed by atoms with Crippen molar-refractivity contribution in [2.45, 2.75) is 27.7 Å². The summed E-state index contributed by atoms with van der Waals surface area (Å²) in [6.07, 6.45) is 0. The molecule has 0 N–H and O–H groups in total. The van der Waals surface area contributed by atoms with Gasteiger partial charge in [0.1, 0.15) is 0 Å². The molecule has 0 heterocycles. The van der Waals surface area contributed by atoms with E-state index in [0.29, 0.717) is 5.78 Å². The molecule has 1 aliphatic carbocycles. The highest BCUT2D eigenvalue weighted by molar-refractivity contribution is 6.08. The van der Waals surface area contributed by atoms with Crippen LogP contribution >= 0.6 is 0 Å². The van der Waals surface area contributed by atoms with Gasteiger partial charge in [-0.05, 0) is 33.3 Å². The van der Waals surface area contributed by atoms with Gasteiger partial charge in [-0.25, -0.2) is 0 Å². The lowest BCUT2D eigenvalue weighted by molar-refractivity contribution is -0.124. The molecule has 0 saturated carbocycles. The fourth-order valence-electron chi connectivity index (χ4n) is 1.22.